The molecule has 0 radical (unpaired) electrons. The molecule has 0 aliphatic carbocycles. The summed E-state index contributed by atoms with van der Waals surface area (Å²) in [6.07, 6.45) is 1.45. The van der Waals surface area contributed by atoms with Crippen molar-refractivity contribution in [3.05, 3.63) is 58.9 Å². The van der Waals surface area contributed by atoms with Gasteiger partial charge in [0.25, 0.3) is 0 Å². The number of hydrogen-bond donors (Lipinski definition) is 3. The number of amides is 5. The third kappa shape index (κ3) is 19.6. The summed E-state index contributed by atoms with van der Waals surface area (Å²) in [4.78, 5) is 140. The number of thioether (sulfide) groups is 2. The molecule has 2 heterocycles. The van der Waals surface area contributed by atoms with Crippen LogP contribution in [0.25, 0.3) is 0 Å². The van der Waals surface area contributed by atoms with Crippen LogP contribution < -0.4 is 10.6 Å². The number of aliphatic carboxylic acids is 1. The van der Waals surface area contributed by atoms with Crippen LogP contribution in [-0.4, -0.2) is 161 Å². The number of ether oxygens (including phenoxy) is 2. The average molecular weight is 1110 g/mol. The van der Waals surface area contributed by atoms with Gasteiger partial charge in [-0.2, -0.15) is 0 Å². The molecule has 1 aromatic rings. The predicted octanol–water partition coefficient (Wildman–Crippen LogP) is 6.14. The Morgan fingerprint density at radius 1 is 0.766 bits per heavy atom. The summed E-state index contributed by atoms with van der Waals surface area (Å²) in [6, 6.07) is 4.76. The molecule has 1 aromatic carbocycles. The fourth-order valence-electron chi connectivity index (χ4n) is 10.5. The summed E-state index contributed by atoms with van der Waals surface area (Å²) in [6.45, 7) is 16.2. The molecule has 428 valence electrons. The lowest BCUT2D eigenvalue weighted by atomic mass is 9.83. The van der Waals surface area contributed by atoms with Crippen molar-refractivity contribution in [2.75, 3.05) is 39.9 Å². The summed E-state index contributed by atoms with van der Waals surface area (Å²) in [5, 5.41) is 18.9. The molecule has 0 aromatic heterocycles. The number of likely N-dealkylation sites (N-methyl/N-ethyl adjacent to an activating group) is 2. The van der Waals surface area contributed by atoms with Gasteiger partial charge in [0.1, 0.15) is 11.8 Å². The van der Waals surface area contributed by atoms with Gasteiger partial charge in [-0.3, -0.25) is 47.9 Å². The lowest BCUT2D eigenvalue weighted by Gasteiger charge is -2.40. The number of carboxylic acid groups (broad SMARTS) is 1. The third-order valence-electron chi connectivity index (χ3n) is 14.8. The molecule has 1 fully saturated rings. The van der Waals surface area contributed by atoms with E-state index < -0.39 is 95.6 Å². The minimum Gasteiger partial charge on any atom is -0.481 e. The van der Waals surface area contributed by atoms with Gasteiger partial charge in [-0.25, -0.2) is 0 Å². The van der Waals surface area contributed by atoms with Gasteiger partial charge in [0.2, 0.25) is 29.5 Å². The fraction of sp³-hybridized carbons (Fsp3) is 0.649. The van der Waals surface area contributed by atoms with Crippen LogP contribution in [-0.2, 0) is 63.8 Å². The highest BCUT2D eigenvalue weighted by Crippen LogP contribution is 2.32. The summed E-state index contributed by atoms with van der Waals surface area (Å²) >= 11 is 2.71. The van der Waals surface area contributed by atoms with Gasteiger partial charge in [0.15, 0.2) is 17.3 Å². The van der Waals surface area contributed by atoms with Gasteiger partial charge in [-0.05, 0) is 66.4 Å². The second-order valence-electron chi connectivity index (χ2n) is 21.6. The minimum atomic E-state index is -1.25. The topological polar surface area (TPSA) is 243 Å². The van der Waals surface area contributed by atoms with E-state index in [1.165, 1.54) is 68.8 Å². The number of carbonyl (C=O) groups is 10. The lowest BCUT2D eigenvalue weighted by molar-refractivity contribution is -0.150. The van der Waals surface area contributed by atoms with Gasteiger partial charge >= 0.3 is 5.97 Å². The number of nitrogens with zero attached hydrogens (tertiary/aromatic N) is 3. The zero-order valence-corrected chi connectivity index (χ0v) is 49.0. The highest BCUT2D eigenvalue weighted by atomic mass is 32.2. The van der Waals surface area contributed by atoms with Crippen LogP contribution in [0, 0.1) is 41.4 Å². The average Bonchev–Trinajstić information content (AvgIpc) is 3.85. The van der Waals surface area contributed by atoms with Crippen LogP contribution in [0.4, 0.5) is 0 Å². The molecule has 20 heteroatoms. The second-order valence-corrected chi connectivity index (χ2v) is 23.7. The standard InChI is InChI=1S/C57H85N5O13S2/c1-33(2)42(30-47(66)51(34(3)4)60(10)55(70)36(7)26-46(65)38(9)58-54(69)43-29-41(63)21-24-76-32-77-25-22-49(67)59-43)56(71)61(11)52(35(5)6)48(74-12)31-50(68)62-23-17-20-44(62)53(75-13)37(8)45(64)28-40(57(72)73)27-39-18-15-14-16-19-39/h14-16,18-19,21-22,24-25,33-38,40,42-44,48,51-53H,17,20,23,26-32H2,1-13H3,(H,58,69)(H,59,67)(H,72,73)/b24-21+,25-22+/t36-,37+,38+,40-,42+,43?,44+,48-,51+,52+,53-/m1/s1. The Bertz CT molecular complexity index is 2250. The number of nitrogens with one attached hydrogen (secondary N) is 2. The van der Waals surface area contributed by atoms with Crippen molar-refractivity contribution >= 4 is 82.2 Å². The Kier molecular flexibility index (Phi) is 27.5. The first kappa shape index (κ1) is 66.1. The van der Waals surface area contributed by atoms with Crippen LogP contribution >= 0.6 is 23.5 Å². The van der Waals surface area contributed by atoms with Crippen LogP contribution in [0.5, 0.6) is 0 Å². The van der Waals surface area contributed by atoms with Crippen molar-refractivity contribution < 1.29 is 62.5 Å². The molecule has 0 saturated carbocycles. The van der Waals surface area contributed by atoms with Crippen LogP contribution in [0.15, 0.2) is 53.3 Å². The molecule has 1 unspecified atom stereocenters. The number of carbonyl (C=O) groups excluding carboxylic acids is 9. The largest absolute Gasteiger partial charge is 0.481 e. The molecular weight excluding hydrogens is 1030 g/mol. The van der Waals surface area contributed by atoms with Gasteiger partial charge in [0.05, 0.1) is 48.7 Å². The quantitative estimate of drug-likeness (QED) is 0.0853. The number of likely N-dealkylation sites (tertiary alicyclic amines) is 1. The van der Waals surface area contributed by atoms with Crippen molar-refractivity contribution in [3.8, 4) is 0 Å². The van der Waals surface area contributed by atoms with Crippen LogP contribution in [0.3, 0.4) is 0 Å². The van der Waals surface area contributed by atoms with E-state index in [1.54, 1.807) is 55.4 Å². The van der Waals surface area contributed by atoms with Gasteiger partial charge < -0.3 is 39.9 Å². The van der Waals surface area contributed by atoms with Crippen molar-refractivity contribution in [3.63, 3.8) is 0 Å². The summed E-state index contributed by atoms with van der Waals surface area (Å²) in [7, 11) is 6.10. The van der Waals surface area contributed by atoms with Crippen LogP contribution in [0.2, 0.25) is 0 Å². The van der Waals surface area contributed by atoms with E-state index in [1.807, 2.05) is 58.0 Å². The summed E-state index contributed by atoms with van der Waals surface area (Å²) in [5.41, 5.74) is 0.811. The zero-order chi connectivity index (χ0) is 57.8. The number of rotatable bonds is 28. The smallest absolute Gasteiger partial charge is 0.307 e. The summed E-state index contributed by atoms with van der Waals surface area (Å²) in [5.74, 6) is -9.22. The molecule has 3 N–H and O–H groups in total. The Balaban J connectivity index is 1.71. The monoisotopic (exact) mass is 1110 g/mol. The molecule has 11 atom stereocenters. The SMILES string of the molecule is CO[C@H]([C@@H](C)C(=O)C[C@@H](Cc1ccccc1)C(=O)O)[C@@H]1CCCN1C(=O)C[C@@H](OC)[C@H](C(C)C)N(C)C(=O)[C@@H](CC(=O)[C@H](C(C)C)N(C)C(=O)[C@H](C)CC(=O)[C@H](C)NC(=O)C1CC(=O)/C=C/SCS/C=C/C(=O)N1)C(C)C. The maximum Gasteiger partial charge on any atom is 0.307 e. The zero-order valence-electron chi connectivity index (χ0n) is 47.4. The molecule has 0 spiro atoms. The molecule has 2 aliphatic heterocycles. The van der Waals surface area contributed by atoms with Crippen LogP contribution in [0.1, 0.15) is 113 Å². The lowest BCUT2D eigenvalue weighted by Crippen LogP contribution is -2.54. The number of benzene rings is 1. The normalized spacial score (nSPS) is 20.7. The first-order chi connectivity index (χ1) is 36.2. The van der Waals surface area contributed by atoms with E-state index in [-0.39, 0.29) is 85.4 Å². The maximum atomic E-state index is 14.7. The molecule has 18 nitrogen and oxygen atoms in total. The van der Waals surface area contributed by atoms with Crippen molar-refractivity contribution in [2.24, 2.45) is 41.4 Å². The number of hydrogen-bond acceptors (Lipinski definition) is 14. The Labute approximate surface area is 464 Å². The number of methoxy groups -OCH3 is 2. The van der Waals surface area contributed by atoms with E-state index in [0.717, 1.165) is 5.56 Å². The van der Waals surface area contributed by atoms with E-state index in [9.17, 15) is 53.1 Å². The van der Waals surface area contributed by atoms with Gasteiger partial charge in [0, 0.05) is 89.5 Å². The second kappa shape index (κ2) is 32.0. The van der Waals surface area contributed by atoms with Crippen molar-refractivity contribution in [1.82, 2.24) is 25.3 Å². The van der Waals surface area contributed by atoms with Gasteiger partial charge in [-0.15, -0.1) is 23.5 Å². The van der Waals surface area contributed by atoms with E-state index >= 15 is 0 Å². The van der Waals surface area contributed by atoms with Gasteiger partial charge in [-0.1, -0.05) is 85.7 Å². The van der Waals surface area contributed by atoms with Crippen molar-refractivity contribution in [2.45, 2.75) is 156 Å². The molecule has 3 rings (SSSR count). The summed E-state index contributed by atoms with van der Waals surface area (Å²) < 4.78 is 11.9. The third-order valence-corrected chi connectivity index (χ3v) is 16.6. The first-order valence-electron chi connectivity index (χ1n) is 26.7. The van der Waals surface area contributed by atoms with Crippen molar-refractivity contribution in [1.29, 1.82) is 0 Å². The Morgan fingerprint density at radius 2 is 1.40 bits per heavy atom. The highest BCUT2D eigenvalue weighted by Gasteiger charge is 2.44. The molecule has 5 amide bonds. The number of carboxylic acids is 1. The Hall–Kier alpha value is -5.18. The molecule has 0 bridgehead atoms. The highest BCUT2D eigenvalue weighted by molar-refractivity contribution is 8.18. The fourth-order valence-corrected chi connectivity index (χ4v) is 11.9. The first-order valence-corrected chi connectivity index (χ1v) is 28.8. The predicted molar refractivity (Wildman–Crippen MR) is 298 cm³/mol. The molecule has 1 saturated heterocycles. The molecular formula is C57H85N5O13S2. The number of Topliss-reactive ketones (excluding diaryl/α,β-unsaturated/α-hetero) is 3. The molecule has 77 heavy (non-hydrogen) atoms. The van der Waals surface area contributed by atoms with E-state index in [0.29, 0.717) is 24.5 Å². The number of ketones is 4. The maximum absolute atomic E-state index is 14.7. The number of allylic oxidation sites excluding steroid dienone is 1. The Morgan fingerprint density at radius 3 is 1.97 bits per heavy atom. The molecule has 2 aliphatic rings. The van der Waals surface area contributed by atoms with E-state index in [4.69, 9.17) is 9.47 Å². The minimum absolute atomic E-state index is 0.0993. The van der Waals surface area contributed by atoms with E-state index in [2.05, 4.69) is 10.6 Å².